The summed E-state index contributed by atoms with van der Waals surface area (Å²) in [6.45, 7) is 5.49. The van der Waals surface area contributed by atoms with Crippen LogP contribution in [0.2, 0.25) is 0 Å². The number of carbonyl (C=O) groups is 2. The lowest BCUT2D eigenvalue weighted by Crippen LogP contribution is -2.47. The van der Waals surface area contributed by atoms with Crippen molar-refractivity contribution in [3.63, 3.8) is 0 Å². The third-order valence-corrected chi connectivity index (χ3v) is 3.76. The first kappa shape index (κ1) is 17.2. The molecule has 1 aromatic rings. The molecule has 0 atom stereocenters. The fourth-order valence-corrected chi connectivity index (χ4v) is 2.49. The molecule has 2 amide bonds. The van der Waals surface area contributed by atoms with Gasteiger partial charge in [-0.25, -0.2) is 0 Å². The molecule has 126 valence electrons. The Hall–Kier alpha value is -2.12. The van der Waals surface area contributed by atoms with Gasteiger partial charge in [0.25, 0.3) is 0 Å². The Morgan fingerprint density at radius 1 is 1.17 bits per heavy atom. The Labute approximate surface area is 136 Å². The molecule has 1 saturated heterocycles. The number of methoxy groups -OCH3 is 1. The van der Waals surface area contributed by atoms with Crippen molar-refractivity contribution < 1.29 is 14.3 Å². The molecule has 1 heterocycles. The molecule has 0 radical (unpaired) electrons. The summed E-state index contributed by atoms with van der Waals surface area (Å²) in [6, 6.07) is 5.15. The number of amides is 2. The summed E-state index contributed by atoms with van der Waals surface area (Å²) in [5.41, 5.74) is 1.17. The highest BCUT2D eigenvalue weighted by Crippen LogP contribution is 2.27. The van der Waals surface area contributed by atoms with E-state index in [0.29, 0.717) is 23.7 Å². The van der Waals surface area contributed by atoms with Crippen molar-refractivity contribution in [2.45, 2.75) is 6.92 Å². The molecule has 23 heavy (non-hydrogen) atoms. The van der Waals surface area contributed by atoms with Gasteiger partial charge in [0.1, 0.15) is 5.75 Å². The molecular formula is C16H24N4O3. The Morgan fingerprint density at radius 3 is 2.48 bits per heavy atom. The van der Waals surface area contributed by atoms with Crippen LogP contribution in [0.15, 0.2) is 18.2 Å². The number of nitrogens with one attached hydrogen (secondary N) is 2. The van der Waals surface area contributed by atoms with E-state index in [1.165, 1.54) is 6.92 Å². The normalized spacial score (nSPS) is 16.0. The van der Waals surface area contributed by atoms with Crippen LogP contribution in [-0.2, 0) is 9.59 Å². The largest absolute Gasteiger partial charge is 0.495 e. The van der Waals surface area contributed by atoms with E-state index in [4.69, 9.17) is 4.74 Å². The molecule has 0 unspecified atom stereocenters. The van der Waals surface area contributed by atoms with Gasteiger partial charge in [-0.15, -0.1) is 0 Å². The van der Waals surface area contributed by atoms with Gasteiger partial charge < -0.3 is 20.3 Å². The predicted molar refractivity (Wildman–Crippen MR) is 89.9 cm³/mol. The maximum atomic E-state index is 12.3. The number of piperazine rings is 1. The van der Waals surface area contributed by atoms with Gasteiger partial charge in [0.2, 0.25) is 11.8 Å². The van der Waals surface area contributed by atoms with Crippen LogP contribution in [0, 0.1) is 0 Å². The van der Waals surface area contributed by atoms with Crippen molar-refractivity contribution in [2.24, 2.45) is 0 Å². The second kappa shape index (κ2) is 7.94. The number of hydrogen-bond acceptors (Lipinski definition) is 5. The first-order valence-corrected chi connectivity index (χ1v) is 7.64. The molecule has 0 spiro atoms. The van der Waals surface area contributed by atoms with E-state index in [0.717, 1.165) is 26.2 Å². The first-order valence-electron chi connectivity index (χ1n) is 7.64. The molecular weight excluding hydrogens is 296 g/mol. The SMILES string of the molecule is COc1ccc(NC(C)=O)cc1NC(=O)CN1CCN(C)CC1. The van der Waals surface area contributed by atoms with E-state index < -0.39 is 0 Å². The van der Waals surface area contributed by atoms with E-state index in [-0.39, 0.29) is 11.8 Å². The summed E-state index contributed by atoms with van der Waals surface area (Å²) < 4.78 is 5.26. The molecule has 2 rings (SSSR count). The average molecular weight is 320 g/mol. The van der Waals surface area contributed by atoms with Crippen LogP contribution < -0.4 is 15.4 Å². The monoisotopic (exact) mass is 320 g/mol. The zero-order chi connectivity index (χ0) is 16.8. The van der Waals surface area contributed by atoms with Crippen molar-refractivity contribution in [3.05, 3.63) is 18.2 Å². The minimum absolute atomic E-state index is 0.0900. The van der Waals surface area contributed by atoms with Gasteiger partial charge in [-0.05, 0) is 25.2 Å². The highest BCUT2D eigenvalue weighted by molar-refractivity contribution is 5.95. The van der Waals surface area contributed by atoms with Gasteiger partial charge in [-0.3, -0.25) is 14.5 Å². The standard InChI is InChI=1S/C16H24N4O3/c1-12(21)17-13-4-5-15(23-3)14(10-13)18-16(22)11-20-8-6-19(2)7-9-20/h4-5,10H,6-9,11H2,1-3H3,(H,17,21)(H,18,22). The molecule has 0 saturated carbocycles. The van der Waals surface area contributed by atoms with E-state index in [1.807, 2.05) is 0 Å². The van der Waals surface area contributed by atoms with Crippen LogP contribution in [0.1, 0.15) is 6.92 Å². The second-order valence-corrected chi connectivity index (χ2v) is 5.72. The first-order chi connectivity index (χ1) is 11.0. The fraction of sp³-hybridized carbons (Fsp3) is 0.500. The van der Waals surface area contributed by atoms with Crippen LogP contribution in [0.3, 0.4) is 0 Å². The zero-order valence-corrected chi connectivity index (χ0v) is 13.9. The van der Waals surface area contributed by atoms with E-state index in [2.05, 4.69) is 27.5 Å². The minimum atomic E-state index is -0.162. The highest BCUT2D eigenvalue weighted by atomic mass is 16.5. The highest BCUT2D eigenvalue weighted by Gasteiger charge is 2.17. The van der Waals surface area contributed by atoms with Gasteiger partial charge in [-0.1, -0.05) is 0 Å². The Balaban J connectivity index is 1.99. The quantitative estimate of drug-likeness (QED) is 0.841. The van der Waals surface area contributed by atoms with Crippen LogP contribution in [0.5, 0.6) is 5.75 Å². The smallest absolute Gasteiger partial charge is 0.238 e. The summed E-state index contributed by atoms with van der Waals surface area (Å²) in [5, 5.41) is 5.56. The Kier molecular flexibility index (Phi) is 5.95. The lowest BCUT2D eigenvalue weighted by atomic mass is 10.2. The molecule has 0 bridgehead atoms. The van der Waals surface area contributed by atoms with Gasteiger partial charge in [0.05, 0.1) is 19.3 Å². The summed E-state index contributed by atoms with van der Waals surface area (Å²) in [4.78, 5) is 27.8. The van der Waals surface area contributed by atoms with Crippen molar-refractivity contribution in [2.75, 3.05) is 57.5 Å². The van der Waals surface area contributed by atoms with Crippen LogP contribution in [0.4, 0.5) is 11.4 Å². The molecule has 1 fully saturated rings. The van der Waals surface area contributed by atoms with Gasteiger partial charge in [-0.2, -0.15) is 0 Å². The second-order valence-electron chi connectivity index (χ2n) is 5.72. The minimum Gasteiger partial charge on any atom is -0.495 e. The lowest BCUT2D eigenvalue weighted by molar-refractivity contribution is -0.117. The zero-order valence-electron chi connectivity index (χ0n) is 13.9. The Morgan fingerprint density at radius 2 is 1.87 bits per heavy atom. The van der Waals surface area contributed by atoms with E-state index >= 15 is 0 Å². The lowest BCUT2D eigenvalue weighted by Gasteiger charge is -2.31. The fourth-order valence-electron chi connectivity index (χ4n) is 2.49. The molecule has 1 aliphatic rings. The predicted octanol–water partition coefficient (Wildman–Crippen LogP) is 0.840. The average Bonchev–Trinajstić information content (AvgIpc) is 2.49. The van der Waals surface area contributed by atoms with E-state index in [9.17, 15) is 9.59 Å². The Bertz CT molecular complexity index is 568. The number of hydrogen-bond donors (Lipinski definition) is 2. The summed E-state index contributed by atoms with van der Waals surface area (Å²) in [6.07, 6.45) is 0. The number of rotatable bonds is 5. The number of likely N-dealkylation sites (N-methyl/N-ethyl adjacent to an activating group) is 1. The number of benzene rings is 1. The molecule has 1 aromatic carbocycles. The van der Waals surface area contributed by atoms with Crippen molar-refractivity contribution >= 4 is 23.2 Å². The topological polar surface area (TPSA) is 73.9 Å². The molecule has 7 nitrogen and oxygen atoms in total. The van der Waals surface area contributed by atoms with Gasteiger partial charge in [0, 0.05) is 38.8 Å². The number of nitrogens with zero attached hydrogens (tertiary/aromatic N) is 2. The van der Waals surface area contributed by atoms with Crippen molar-refractivity contribution in [1.29, 1.82) is 0 Å². The number of anilines is 2. The number of ether oxygens (including phenoxy) is 1. The van der Waals surface area contributed by atoms with Gasteiger partial charge in [0.15, 0.2) is 0 Å². The molecule has 0 aliphatic carbocycles. The van der Waals surface area contributed by atoms with Crippen molar-refractivity contribution in [3.8, 4) is 5.75 Å². The third-order valence-electron chi connectivity index (χ3n) is 3.76. The molecule has 1 aliphatic heterocycles. The number of carbonyl (C=O) groups excluding carboxylic acids is 2. The molecule has 2 N–H and O–H groups in total. The third kappa shape index (κ3) is 5.22. The summed E-state index contributed by atoms with van der Waals surface area (Å²) in [5.74, 6) is 0.309. The van der Waals surface area contributed by atoms with Gasteiger partial charge >= 0.3 is 0 Å². The van der Waals surface area contributed by atoms with E-state index in [1.54, 1.807) is 25.3 Å². The molecule has 7 heteroatoms. The summed E-state index contributed by atoms with van der Waals surface area (Å²) in [7, 11) is 3.62. The van der Waals surface area contributed by atoms with Crippen molar-refractivity contribution in [1.82, 2.24) is 9.80 Å². The van der Waals surface area contributed by atoms with Crippen LogP contribution in [-0.4, -0.2) is 68.5 Å². The van der Waals surface area contributed by atoms with Crippen LogP contribution >= 0.6 is 0 Å². The maximum Gasteiger partial charge on any atom is 0.238 e. The summed E-state index contributed by atoms with van der Waals surface area (Å²) >= 11 is 0. The van der Waals surface area contributed by atoms with Crippen LogP contribution in [0.25, 0.3) is 0 Å². The molecule has 0 aromatic heterocycles. The maximum absolute atomic E-state index is 12.3.